The molecule has 2 aromatic rings. The van der Waals surface area contributed by atoms with Crippen molar-refractivity contribution in [1.82, 2.24) is 14.5 Å². The molecule has 0 radical (unpaired) electrons. The Morgan fingerprint density at radius 2 is 2.06 bits per heavy atom. The van der Waals surface area contributed by atoms with Gasteiger partial charge in [0.1, 0.15) is 0 Å². The summed E-state index contributed by atoms with van der Waals surface area (Å²) in [7, 11) is 0. The van der Waals surface area contributed by atoms with E-state index in [1.165, 1.54) is 44.5 Å². The molecule has 3 nitrogen and oxygen atoms in total. The van der Waals surface area contributed by atoms with Gasteiger partial charge >= 0.3 is 0 Å². The van der Waals surface area contributed by atoms with Crippen LogP contribution >= 0.6 is 15.9 Å². The van der Waals surface area contributed by atoms with E-state index in [0.29, 0.717) is 0 Å². The number of pyridine rings is 1. The Morgan fingerprint density at radius 1 is 1.22 bits per heavy atom. The van der Waals surface area contributed by atoms with Gasteiger partial charge in [-0.1, -0.05) is 6.07 Å². The van der Waals surface area contributed by atoms with Crippen molar-refractivity contribution in [2.75, 3.05) is 19.6 Å². The van der Waals surface area contributed by atoms with Crippen molar-refractivity contribution in [3.8, 4) is 0 Å². The summed E-state index contributed by atoms with van der Waals surface area (Å²) in [4.78, 5) is 2.57. The summed E-state index contributed by atoms with van der Waals surface area (Å²) in [6.07, 6.45) is 9.14. The van der Waals surface area contributed by atoms with Crippen LogP contribution in [0.15, 0.2) is 29.0 Å². The summed E-state index contributed by atoms with van der Waals surface area (Å²) in [5.41, 5.74) is 2.51. The van der Waals surface area contributed by atoms with Crippen molar-refractivity contribution in [3.63, 3.8) is 0 Å². The number of nitrogens with zero attached hydrogens (tertiary/aromatic N) is 3. The maximum atomic E-state index is 4.32. The predicted octanol–water partition coefficient (Wildman–Crippen LogP) is 3.13. The van der Waals surface area contributed by atoms with Gasteiger partial charge in [-0.15, -0.1) is 0 Å². The van der Waals surface area contributed by atoms with Crippen LogP contribution in [0, 0.1) is 0 Å². The maximum absolute atomic E-state index is 4.32. The summed E-state index contributed by atoms with van der Waals surface area (Å²) in [6.45, 7) is 3.83. The van der Waals surface area contributed by atoms with Crippen LogP contribution in [0.1, 0.15) is 24.8 Å². The number of fused-ring (bicyclic) bond motifs is 1. The van der Waals surface area contributed by atoms with Crippen molar-refractivity contribution in [1.29, 1.82) is 0 Å². The Morgan fingerprint density at radius 3 is 2.89 bits per heavy atom. The van der Waals surface area contributed by atoms with E-state index >= 15 is 0 Å². The largest absolute Gasteiger partial charge is 0.303 e. The van der Waals surface area contributed by atoms with E-state index < -0.39 is 0 Å². The minimum Gasteiger partial charge on any atom is -0.303 e. The van der Waals surface area contributed by atoms with Crippen LogP contribution in [0.5, 0.6) is 0 Å². The van der Waals surface area contributed by atoms with Gasteiger partial charge in [-0.05, 0) is 72.9 Å². The van der Waals surface area contributed by atoms with Crippen LogP contribution in [0.25, 0.3) is 5.52 Å². The van der Waals surface area contributed by atoms with E-state index in [4.69, 9.17) is 0 Å². The Labute approximate surface area is 116 Å². The van der Waals surface area contributed by atoms with E-state index in [1.54, 1.807) is 0 Å². The van der Waals surface area contributed by atoms with Crippen molar-refractivity contribution in [3.05, 3.63) is 34.6 Å². The number of halogens is 1. The highest BCUT2D eigenvalue weighted by atomic mass is 79.9. The van der Waals surface area contributed by atoms with Crippen LogP contribution in [0.3, 0.4) is 0 Å². The number of aryl methyl sites for hydroxylation is 1. The molecule has 3 heterocycles. The molecule has 0 spiro atoms. The molecule has 0 N–H and O–H groups in total. The molecule has 0 aromatic carbocycles. The Balaban J connectivity index is 1.60. The first kappa shape index (κ1) is 12.2. The summed E-state index contributed by atoms with van der Waals surface area (Å²) in [5, 5.41) is 4.32. The molecule has 0 aliphatic carbocycles. The molecule has 1 fully saturated rings. The van der Waals surface area contributed by atoms with Gasteiger partial charge in [0.2, 0.25) is 0 Å². The Hall–Kier alpha value is -0.870. The molecule has 0 unspecified atom stereocenters. The zero-order valence-corrected chi connectivity index (χ0v) is 12.1. The van der Waals surface area contributed by atoms with Gasteiger partial charge in [-0.3, -0.25) is 0 Å². The molecule has 18 heavy (non-hydrogen) atoms. The first-order chi connectivity index (χ1) is 8.83. The fraction of sp³-hybridized carbons (Fsp3) is 0.500. The molecular weight excluding hydrogens is 290 g/mol. The molecule has 0 bridgehead atoms. The molecule has 2 aromatic heterocycles. The van der Waals surface area contributed by atoms with E-state index in [9.17, 15) is 0 Å². The molecule has 1 aliphatic rings. The van der Waals surface area contributed by atoms with Crippen LogP contribution in [-0.4, -0.2) is 34.1 Å². The first-order valence-electron chi connectivity index (χ1n) is 6.67. The minimum absolute atomic E-state index is 1.06. The topological polar surface area (TPSA) is 20.5 Å². The lowest BCUT2D eigenvalue weighted by Gasteiger charge is -2.13. The van der Waals surface area contributed by atoms with E-state index in [-0.39, 0.29) is 0 Å². The highest BCUT2D eigenvalue weighted by Gasteiger charge is 2.10. The van der Waals surface area contributed by atoms with Crippen LogP contribution in [0.4, 0.5) is 0 Å². The van der Waals surface area contributed by atoms with Gasteiger partial charge < -0.3 is 4.90 Å². The summed E-state index contributed by atoms with van der Waals surface area (Å²) in [5.74, 6) is 0. The highest BCUT2D eigenvalue weighted by molar-refractivity contribution is 9.10. The SMILES string of the molecule is Brc1cnn2cc(CCCN3CCCC3)ccc12. The number of hydrogen-bond acceptors (Lipinski definition) is 2. The molecule has 1 saturated heterocycles. The normalized spacial score (nSPS) is 16.7. The number of rotatable bonds is 4. The third-order valence-electron chi connectivity index (χ3n) is 3.67. The molecule has 3 rings (SSSR count). The molecule has 0 amide bonds. The molecule has 0 atom stereocenters. The Kier molecular flexibility index (Phi) is 3.66. The second-order valence-corrected chi connectivity index (χ2v) is 5.87. The van der Waals surface area contributed by atoms with Crippen molar-refractivity contribution in [2.24, 2.45) is 0 Å². The second-order valence-electron chi connectivity index (χ2n) is 5.01. The molecular formula is C14H18BrN3. The summed E-state index contributed by atoms with van der Waals surface area (Å²) in [6, 6.07) is 4.36. The van der Waals surface area contributed by atoms with Crippen molar-refractivity contribution in [2.45, 2.75) is 25.7 Å². The fourth-order valence-corrected chi connectivity index (χ4v) is 3.06. The smallest absolute Gasteiger partial charge is 0.0804 e. The van der Waals surface area contributed by atoms with E-state index in [2.05, 4.69) is 44.3 Å². The zero-order chi connectivity index (χ0) is 12.4. The van der Waals surface area contributed by atoms with Gasteiger partial charge in [0.15, 0.2) is 0 Å². The third kappa shape index (κ3) is 2.59. The predicted molar refractivity (Wildman–Crippen MR) is 76.9 cm³/mol. The maximum Gasteiger partial charge on any atom is 0.0804 e. The van der Waals surface area contributed by atoms with E-state index in [0.717, 1.165) is 16.4 Å². The lowest BCUT2D eigenvalue weighted by molar-refractivity contribution is 0.334. The third-order valence-corrected chi connectivity index (χ3v) is 4.28. The number of likely N-dealkylation sites (tertiary alicyclic amines) is 1. The second kappa shape index (κ2) is 5.41. The number of aromatic nitrogens is 2. The highest BCUT2D eigenvalue weighted by Crippen LogP contribution is 2.18. The monoisotopic (exact) mass is 307 g/mol. The molecule has 4 heteroatoms. The summed E-state index contributed by atoms with van der Waals surface area (Å²) >= 11 is 3.50. The van der Waals surface area contributed by atoms with Crippen LogP contribution in [-0.2, 0) is 6.42 Å². The van der Waals surface area contributed by atoms with Crippen LogP contribution < -0.4 is 0 Å². The van der Waals surface area contributed by atoms with Crippen LogP contribution in [0.2, 0.25) is 0 Å². The lowest BCUT2D eigenvalue weighted by atomic mass is 10.1. The van der Waals surface area contributed by atoms with Crippen molar-refractivity contribution >= 4 is 21.4 Å². The van der Waals surface area contributed by atoms with Gasteiger partial charge in [0.25, 0.3) is 0 Å². The quantitative estimate of drug-likeness (QED) is 0.865. The fourth-order valence-electron chi connectivity index (χ4n) is 2.66. The molecule has 1 aliphatic heterocycles. The minimum atomic E-state index is 1.06. The average molecular weight is 308 g/mol. The zero-order valence-electron chi connectivity index (χ0n) is 10.5. The number of hydrogen-bond donors (Lipinski definition) is 0. The average Bonchev–Trinajstić information content (AvgIpc) is 3.00. The van der Waals surface area contributed by atoms with E-state index in [1.807, 2.05) is 10.7 Å². The van der Waals surface area contributed by atoms with Gasteiger partial charge in [0, 0.05) is 6.20 Å². The summed E-state index contributed by atoms with van der Waals surface area (Å²) < 4.78 is 3.01. The standard InChI is InChI=1S/C14H18BrN3/c15-13-10-16-18-11-12(5-6-14(13)18)4-3-9-17-7-1-2-8-17/h5-6,10-11H,1-4,7-9H2. The van der Waals surface area contributed by atoms with Gasteiger partial charge in [0.05, 0.1) is 16.2 Å². The lowest BCUT2D eigenvalue weighted by Crippen LogP contribution is -2.20. The molecule has 96 valence electrons. The van der Waals surface area contributed by atoms with Gasteiger partial charge in [-0.2, -0.15) is 5.10 Å². The Bertz CT molecular complexity index is 529. The van der Waals surface area contributed by atoms with Gasteiger partial charge in [-0.25, -0.2) is 4.52 Å². The van der Waals surface area contributed by atoms with Crippen molar-refractivity contribution < 1.29 is 0 Å². The molecule has 0 saturated carbocycles. The first-order valence-corrected chi connectivity index (χ1v) is 7.46.